The van der Waals surface area contributed by atoms with Gasteiger partial charge < -0.3 is 14.4 Å². The van der Waals surface area contributed by atoms with Crippen LogP contribution in [0.3, 0.4) is 0 Å². The molecule has 4 heteroatoms. The van der Waals surface area contributed by atoms with Crippen LogP contribution in [0.15, 0.2) is 0 Å². The second-order valence-electron chi connectivity index (χ2n) is 5.69. The Balaban J connectivity index is 1.77. The van der Waals surface area contributed by atoms with E-state index in [2.05, 4.69) is 18.9 Å². The number of hydrogen-bond donors (Lipinski definition) is 0. The molecule has 0 aromatic rings. The van der Waals surface area contributed by atoms with E-state index in [4.69, 9.17) is 9.47 Å². The Bertz CT molecular complexity index is 283. The average molecular weight is 257 g/mol. The fourth-order valence-corrected chi connectivity index (χ4v) is 4.91. The fourth-order valence-electron chi connectivity index (χ4n) is 3.47. The van der Waals surface area contributed by atoms with Crippen molar-refractivity contribution in [1.29, 1.82) is 0 Å². The second-order valence-corrected chi connectivity index (χ2v) is 7.07. The first-order valence-electron chi connectivity index (χ1n) is 6.82. The van der Waals surface area contributed by atoms with E-state index in [1.54, 1.807) is 0 Å². The number of thioether (sulfide) groups is 1. The lowest BCUT2D eigenvalue weighted by molar-refractivity contribution is -0.0878. The molecule has 0 aromatic carbocycles. The fraction of sp³-hybridized carbons (Fsp3) is 1.00. The van der Waals surface area contributed by atoms with Crippen LogP contribution in [0.2, 0.25) is 0 Å². The van der Waals surface area contributed by atoms with Crippen molar-refractivity contribution in [2.45, 2.75) is 49.2 Å². The molecule has 0 radical (unpaired) electrons. The van der Waals surface area contributed by atoms with Gasteiger partial charge in [-0.3, -0.25) is 0 Å². The topological polar surface area (TPSA) is 21.7 Å². The third kappa shape index (κ3) is 2.03. The van der Waals surface area contributed by atoms with Crippen molar-refractivity contribution in [3.05, 3.63) is 0 Å². The van der Waals surface area contributed by atoms with E-state index in [1.165, 1.54) is 12.8 Å². The van der Waals surface area contributed by atoms with Crippen molar-refractivity contribution in [3.8, 4) is 0 Å². The summed E-state index contributed by atoms with van der Waals surface area (Å²) in [6.07, 6.45) is 4.83. The highest BCUT2D eigenvalue weighted by Gasteiger charge is 2.58. The normalized spacial score (nSPS) is 41.6. The van der Waals surface area contributed by atoms with Crippen molar-refractivity contribution in [3.63, 3.8) is 0 Å². The molecule has 0 bridgehead atoms. The predicted octanol–water partition coefficient (Wildman–Crippen LogP) is 2.11. The van der Waals surface area contributed by atoms with Crippen molar-refractivity contribution in [1.82, 2.24) is 4.90 Å². The Morgan fingerprint density at radius 2 is 2.12 bits per heavy atom. The molecule has 3 saturated heterocycles. The van der Waals surface area contributed by atoms with Crippen molar-refractivity contribution in [2.75, 3.05) is 32.5 Å². The van der Waals surface area contributed by atoms with Crippen LogP contribution < -0.4 is 0 Å². The molecule has 0 aliphatic carbocycles. The monoisotopic (exact) mass is 257 g/mol. The van der Waals surface area contributed by atoms with Gasteiger partial charge in [0.1, 0.15) is 4.93 Å². The quantitative estimate of drug-likeness (QED) is 0.717. The maximum absolute atomic E-state index is 6.45. The molecule has 3 aliphatic heterocycles. The molecule has 2 unspecified atom stereocenters. The molecule has 98 valence electrons. The molecular formula is C13H23NO2S. The highest BCUT2D eigenvalue weighted by Crippen LogP contribution is 2.54. The summed E-state index contributed by atoms with van der Waals surface area (Å²) < 4.78 is 12.5. The van der Waals surface area contributed by atoms with Gasteiger partial charge in [-0.1, -0.05) is 6.92 Å². The molecule has 3 nitrogen and oxygen atoms in total. The van der Waals surface area contributed by atoms with E-state index >= 15 is 0 Å². The van der Waals surface area contributed by atoms with E-state index < -0.39 is 0 Å². The van der Waals surface area contributed by atoms with Crippen LogP contribution in [-0.2, 0) is 9.47 Å². The zero-order chi connectivity index (χ0) is 11.9. The number of piperidine rings is 1. The van der Waals surface area contributed by atoms with Gasteiger partial charge in [-0.05, 0) is 26.3 Å². The highest BCUT2D eigenvalue weighted by atomic mass is 32.2. The maximum Gasteiger partial charge on any atom is 0.142 e. The minimum absolute atomic E-state index is 0.00926. The summed E-state index contributed by atoms with van der Waals surface area (Å²) >= 11 is 1.99. The molecular weight excluding hydrogens is 234 g/mol. The van der Waals surface area contributed by atoms with Gasteiger partial charge in [0.05, 0.1) is 18.3 Å². The van der Waals surface area contributed by atoms with Gasteiger partial charge >= 0.3 is 0 Å². The molecule has 3 heterocycles. The summed E-state index contributed by atoms with van der Waals surface area (Å²) in [4.78, 5) is 2.40. The smallest absolute Gasteiger partial charge is 0.142 e. The van der Waals surface area contributed by atoms with Gasteiger partial charge in [-0.15, -0.1) is 11.8 Å². The Kier molecular flexibility index (Phi) is 3.18. The van der Waals surface area contributed by atoms with E-state index in [-0.39, 0.29) is 10.5 Å². The van der Waals surface area contributed by atoms with Gasteiger partial charge in [-0.25, -0.2) is 0 Å². The number of likely N-dealkylation sites (tertiary alicyclic amines) is 1. The van der Waals surface area contributed by atoms with Gasteiger partial charge in [0, 0.05) is 25.3 Å². The highest BCUT2D eigenvalue weighted by molar-refractivity contribution is 8.00. The summed E-state index contributed by atoms with van der Waals surface area (Å²) in [5.41, 5.74) is 0.116. The molecule has 0 aromatic heterocycles. The number of rotatable bonds is 1. The van der Waals surface area contributed by atoms with Crippen LogP contribution >= 0.6 is 11.8 Å². The summed E-state index contributed by atoms with van der Waals surface area (Å²) in [6.45, 7) is 5.46. The van der Waals surface area contributed by atoms with Crippen molar-refractivity contribution >= 4 is 11.8 Å². The Morgan fingerprint density at radius 1 is 1.35 bits per heavy atom. The SMILES string of the molecule is CCC1OC2(CCN(C)CC2)CC12OCCS2. The molecule has 0 saturated carbocycles. The molecule has 2 atom stereocenters. The molecule has 0 amide bonds. The molecule has 3 rings (SSSR count). The van der Waals surface area contributed by atoms with E-state index in [0.717, 1.165) is 38.3 Å². The van der Waals surface area contributed by atoms with Crippen LogP contribution in [0.1, 0.15) is 32.6 Å². The zero-order valence-electron chi connectivity index (χ0n) is 10.9. The van der Waals surface area contributed by atoms with Crippen LogP contribution in [0.5, 0.6) is 0 Å². The third-order valence-electron chi connectivity index (χ3n) is 4.50. The standard InChI is InChI=1S/C13H23NO2S/c1-3-11-13(15-8-9-17-13)10-12(16-11)4-6-14(2)7-5-12/h11H,3-10H2,1-2H3. The first kappa shape index (κ1) is 12.3. The first-order valence-corrected chi connectivity index (χ1v) is 7.81. The van der Waals surface area contributed by atoms with Crippen LogP contribution in [0.25, 0.3) is 0 Å². The van der Waals surface area contributed by atoms with Gasteiger partial charge in [0.25, 0.3) is 0 Å². The number of hydrogen-bond acceptors (Lipinski definition) is 4. The number of ether oxygens (including phenoxy) is 2. The molecule has 0 N–H and O–H groups in total. The Hall–Kier alpha value is 0.230. The van der Waals surface area contributed by atoms with Gasteiger partial charge in [-0.2, -0.15) is 0 Å². The Labute approximate surface area is 108 Å². The second kappa shape index (κ2) is 4.41. The summed E-state index contributed by atoms with van der Waals surface area (Å²) in [7, 11) is 2.20. The van der Waals surface area contributed by atoms with Crippen molar-refractivity contribution in [2.24, 2.45) is 0 Å². The molecule has 17 heavy (non-hydrogen) atoms. The van der Waals surface area contributed by atoms with E-state index in [9.17, 15) is 0 Å². The van der Waals surface area contributed by atoms with Crippen LogP contribution in [0, 0.1) is 0 Å². The van der Waals surface area contributed by atoms with Crippen LogP contribution in [0.4, 0.5) is 0 Å². The third-order valence-corrected chi connectivity index (χ3v) is 5.88. The zero-order valence-corrected chi connectivity index (χ0v) is 11.7. The molecule has 3 aliphatic rings. The van der Waals surface area contributed by atoms with Crippen molar-refractivity contribution < 1.29 is 9.47 Å². The largest absolute Gasteiger partial charge is 0.368 e. The Morgan fingerprint density at radius 3 is 2.71 bits per heavy atom. The number of nitrogens with zero attached hydrogens (tertiary/aromatic N) is 1. The van der Waals surface area contributed by atoms with Crippen LogP contribution in [-0.4, -0.2) is 54.0 Å². The summed E-state index contributed by atoms with van der Waals surface area (Å²) in [6, 6.07) is 0. The van der Waals surface area contributed by atoms with Gasteiger partial charge in [0.2, 0.25) is 0 Å². The summed E-state index contributed by atoms with van der Waals surface area (Å²) in [5.74, 6) is 1.13. The lowest BCUT2D eigenvalue weighted by Gasteiger charge is -2.37. The average Bonchev–Trinajstić information content (AvgIpc) is 2.91. The predicted molar refractivity (Wildman–Crippen MR) is 70.4 cm³/mol. The summed E-state index contributed by atoms with van der Waals surface area (Å²) in [5, 5.41) is 0. The minimum atomic E-state index is -0.00926. The lowest BCUT2D eigenvalue weighted by Crippen LogP contribution is -2.43. The minimum Gasteiger partial charge on any atom is -0.368 e. The molecule has 3 fully saturated rings. The van der Waals surface area contributed by atoms with E-state index in [1.807, 2.05) is 11.8 Å². The maximum atomic E-state index is 6.45. The molecule has 2 spiro atoms. The first-order chi connectivity index (χ1) is 8.18. The van der Waals surface area contributed by atoms with E-state index in [0.29, 0.717) is 6.10 Å². The van der Waals surface area contributed by atoms with Gasteiger partial charge in [0.15, 0.2) is 0 Å². The lowest BCUT2D eigenvalue weighted by atomic mass is 9.87.